The van der Waals surface area contributed by atoms with Crippen LogP contribution in [0.1, 0.15) is 28.8 Å². The third kappa shape index (κ3) is 3.36. The molecule has 0 radical (unpaired) electrons. The smallest absolute Gasteiger partial charge is 0.416 e. The van der Waals surface area contributed by atoms with Gasteiger partial charge in [0.05, 0.1) is 10.4 Å². The summed E-state index contributed by atoms with van der Waals surface area (Å²) in [4.78, 5) is 15.5. The van der Waals surface area contributed by atoms with E-state index < -0.39 is 16.6 Å². The van der Waals surface area contributed by atoms with E-state index in [1.54, 1.807) is 0 Å². The Bertz CT molecular complexity index is 761. The van der Waals surface area contributed by atoms with Gasteiger partial charge in [0.25, 0.3) is 0 Å². The fraction of sp³-hybridized carbons (Fsp3) is 0.400. The van der Waals surface area contributed by atoms with Crippen LogP contribution in [-0.2, 0) is 12.6 Å². The lowest BCUT2D eigenvalue weighted by Crippen LogP contribution is -2.20. The first-order valence-electron chi connectivity index (χ1n) is 7.20. The van der Waals surface area contributed by atoms with E-state index in [2.05, 4.69) is 4.98 Å². The summed E-state index contributed by atoms with van der Waals surface area (Å²) in [5.41, 5.74) is 0.473. The molecule has 2 aromatic rings. The van der Waals surface area contributed by atoms with Gasteiger partial charge in [0.1, 0.15) is 0 Å². The molecule has 2 heterocycles. The van der Waals surface area contributed by atoms with Gasteiger partial charge in [0, 0.05) is 25.2 Å². The number of aromatic hydroxyl groups is 1. The maximum absolute atomic E-state index is 13.0. The third-order valence-corrected chi connectivity index (χ3v) is 4.78. The van der Waals surface area contributed by atoms with Crippen LogP contribution in [0.5, 0.6) is 5.88 Å². The fourth-order valence-electron chi connectivity index (χ4n) is 2.81. The molecule has 0 atom stereocenters. The number of thiazole rings is 1. The van der Waals surface area contributed by atoms with E-state index in [0.717, 1.165) is 55.1 Å². The summed E-state index contributed by atoms with van der Waals surface area (Å²) < 4.78 is 38.9. The van der Waals surface area contributed by atoms with E-state index in [-0.39, 0.29) is 12.3 Å². The van der Waals surface area contributed by atoms with Crippen LogP contribution >= 0.6 is 11.3 Å². The number of alkyl halides is 3. The van der Waals surface area contributed by atoms with Crippen LogP contribution in [0.4, 0.5) is 18.9 Å². The Morgan fingerprint density at radius 3 is 2.52 bits per heavy atom. The van der Waals surface area contributed by atoms with Gasteiger partial charge >= 0.3 is 11.0 Å². The van der Waals surface area contributed by atoms with Gasteiger partial charge in [-0.3, -0.25) is 9.78 Å². The van der Waals surface area contributed by atoms with Crippen LogP contribution in [0.3, 0.4) is 0 Å². The number of hydrogen-bond acceptors (Lipinski definition) is 4. The highest BCUT2D eigenvalue weighted by Crippen LogP contribution is 2.35. The number of rotatable bonds is 3. The highest BCUT2D eigenvalue weighted by molar-refractivity contribution is 7.09. The maximum atomic E-state index is 13.0. The number of H-pyrrole nitrogens is 1. The Hall–Kier alpha value is -1.96. The lowest BCUT2D eigenvalue weighted by atomic mass is 10.0. The molecule has 3 rings (SSSR count). The largest absolute Gasteiger partial charge is 0.494 e. The number of halogens is 3. The SMILES string of the molecule is O=c1[nH]c(O)c(Cc2cc(C(F)(F)F)ccc2N2CCCC2)s1. The van der Waals surface area contributed by atoms with E-state index in [9.17, 15) is 23.1 Å². The molecule has 1 aromatic heterocycles. The summed E-state index contributed by atoms with van der Waals surface area (Å²) in [6.07, 6.45) is -2.33. The Kier molecular flexibility index (Phi) is 4.09. The van der Waals surface area contributed by atoms with Crippen LogP contribution in [0, 0.1) is 0 Å². The molecule has 2 N–H and O–H groups in total. The molecule has 8 heteroatoms. The molecule has 1 aromatic carbocycles. The molecule has 1 aliphatic heterocycles. The lowest BCUT2D eigenvalue weighted by Gasteiger charge is -2.22. The Balaban J connectivity index is 2.02. The minimum atomic E-state index is -4.42. The molecule has 1 aliphatic rings. The Labute approximate surface area is 134 Å². The zero-order chi connectivity index (χ0) is 16.6. The van der Waals surface area contributed by atoms with Crippen LogP contribution in [0.25, 0.3) is 0 Å². The van der Waals surface area contributed by atoms with E-state index in [1.807, 2.05) is 4.90 Å². The number of nitrogens with zero attached hydrogens (tertiary/aromatic N) is 1. The van der Waals surface area contributed by atoms with Gasteiger partial charge in [-0.25, -0.2) is 0 Å². The summed E-state index contributed by atoms with van der Waals surface area (Å²) >= 11 is 0.813. The van der Waals surface area contributed by atoms with E-state index in [0.29, 0.717) is 10.4 Å². The molecule has 0 amide bonds. The van der Waals surface area contributed by atoms with Gasteiger partial charge in [0.15, 0.2) is 0 Å². The topological polar surface area (TPSA) is 56.3 Å². The van der Waals surface area contributed by atoms with E-state index in [4.69, 9.17) is 0 Å². The highest BCUT2D eigenvalue weighted by atomic mass is 32.1. The summed E-state index contributed by atoms with van der Waals surface area (Å²) in [7, 11) is 0. The number of nitrogens with one attached hydrogen (secondary N) is 1. The molecule has 4 nitrogen and oxygen atoms in total. The average molecular weight is 344 g/mol. The van der Waals surface area contributed by atoms with Crippen LogP contribution < -0.4 is 9.77 Å². The molecule has 0 saturated carbocycles. The van der Waals surface area contributed by atoms with Crippen molar-refractivity contribution < 1.29 is 18.3 Å². The van der Waals surface area contributed by atoms with Crippen LogP contribution in [0.2, 0.25) is 0 Å². The first-order valence-corrected chi connectivity index (χ1v) is 8.02. The van der Waals surface area contributed by atoms with Crippen molar-refractivity contribution in [2.24, 2.45) is 0 Å². The van der Waals surface area contributed by atoms with Crippen molar-refractivity contribution in [3.05, 3.63) is 43.9 Å². The predicted octanol–water partition coefficient (Wildman–Crippen LogP) is 3.35. The van der Waals surface area contributed by atoms with E-state index in [1.165, 1.54) is 6.07 Å². The zero-order valence-corrected chi connectivity index (χ0v) is 12.9. The van der Waals surface area contributed by atoms with Crippen molar-refractivity contribution in [2.75, 3.05) is 18.0 Å². The number of aromatic amines is 1. The number of aromatic nitrogens is 1. The minimum absolute atomic E-state index is 0.0883. The van der Waals surface area contributed by atoms with Gasteiger partial charge < -0.3 is 10.0 Å². The molecule has 0 unspecified atom stereocenters. The second-order valence-electron chi connectivity index (χ2n) is 5.50. The second kappa shape index (κ2) is 5.92. The van der Waals surface area contributed by atoms with Crippen LogP contribution in [0.15, 0.2) is 23.0 Å². The molecule has 1 fully saturated rings. The van der Waals surface area contributed by atoms with E-state index >= 15 is 0 Å². The third-order valence-electron chi connectivity index (χ3n) is 3.91. The summed E-state index contributed by atoms with van der Waals surface area (Å²) in [6, 6.07) is 3.67. The van der Waals surface area contributed by atoms with Gasteiger partial charge in [-0.15, -0.1) is 0 Å². The van der Waals surface area contributed by atoms with Crippen molar-refractivity contribution in [1.29, 1.82) is 0 Å². The first kappa shape index (κ1) is 15.9. The van der Waals surface area contributed by atoms with Crippen LogP contribution in [-0.4, -0.2) is 23.2 Å². The molecule has 0 bridgehead atoms. The second-order valence-corrected chi connectivity index (χ2v) is 6.57. The van der Waals surface area contributed by atoms with Crippen molar-refractivity contribution in [3.63, 3.8) is 0 Å². The predicted molar refractivity (Wildman–Crippen MR) is 82.3 cm³/mol. The number of benzene rings is 1. The highest BCUT2D eigenvalue weighted by Gasteiger charge is 2.31. The summed E-state index contributed by atoms with van der Waals surface area (Å²) in [5, 5.41) is 9.70. The standard InChI is InChI=1S/C15H15F3N2O2S/c16-15(17,18)10-3-4-11(20-5-1-2-6-20)9(7-10)8-12-13(21)19-14(22)23-12/h3-4,7,21H,1-2,5-6,8H2,(H,19,22). The van der Waals surface area contributed by atoms with Crippen molar-refractivity contribution >= 4 is 17.0 Å². The van der Waals surface area contributed by atoms with Crippen molar-refractivity contribution in [2.45, 2.75) is 25.4 Å². The van der Waals surface area contributed by atoms with Crippen molar-refractivity contribution in [3.8, 4) is 5.88 Å². The molecular formula is C15H15F3N2O2S. The monoisotopic (exact) mass is 344 g/mol. The summed E-state index contributed by atoms with van der Waals surface area (Å²) in [5.74, 6) is -0.273. The van der Waals surface area contributed by atoms with Gasteiger partial charge in [-0.05, 0) is 36.6 Å². The first-order chi connectivity index (χ1) is 10.8. The van der Waals surface area contributed by atoms with Crippen molar-refractivity contribution in [1.82, 2.24) is 4.98 Å². The number of hydrogen-bond donors (Lipinski definition) is 2. The fourth-order valence-corrected chi connectivity index (χ4v) is 3.56. The maximum Gasteiger partial charge on any atom is 0.416 e. The quantitative estimate of drug-likeness (QED) is 0.898. The Morgan fingerprint density at radius 1 is 1.26 bits per heavy atom. The molecule has 1 saturated heterocycles. The molecular weight excluding hydrogens is 329 g/mol. The Morgan fingerprint density at radius 2 is 1.96 bits per heavy atom. The molecule has 0 spiro atoms. The minimum Gasteiger partial charge on any atom is -0.494 e. The normalized spacial score (nSPS) is 15.3. The molecule has 124 valence electrons. The summed E-state index contributed by atoms with van der Waals surface area (Å²) in [6.45, 7) is 1.60. The zero-order valence-electron chi connectivity index (χ0n) is 12.1. The van der Waals surface area contributed by atoms with Gasteiger partial charge in [-0.2, -0.15) is 13.2 Å². The molecule has 23 heavy (non-hydrogen) atoms. The lowest BCUT2D eigenvalue weighted by molar-refractivity contribution is -0.137. The number of anilines is 1. The van der Waals surface area contributed by atoms with Gasteiger partial charge in [-0.1, -0.05) is 11.3 Å². The van der Waals surface area contributed by atoms with Gasteiger partial charge in [0.2, 0.25) is 5.88 Å². The molecule has 0 aliphatic carbocycles. The average Bonchev–Trinajstić information content (AvgIpc) is 3.08.